The fraction of sp³-hybridized carbons (Fsp3) is 0.400. The molecule has 1 aromatic carbocycles. The van der Waals surface area contributed by atoms with Gasteiger partial charge in [-0.2, -0.15) is 0 Å². The first-order valence-corrected chi connectivity index (χ1v) is 7.02. The van der Waals surface area contributed by atoms with E-state index in [-0.39, 0.29) is 21.5 Å². The summed E-state index contributed by atoms with van der Waals surface area (Å²) in [6.45, 7) is 2.79. The SMILES string of the molecule is CC(C)(CO)NS(=O)(=O)c1cccc(Cl)c1Cl. The first-order valence-electron chi connectivity index (χ1n) is 4.78. The predicted molar refractivity (Wildman–Crippen MR) is 67.9 cm³/mol. The molecule has 0 spiro atoms. The second kappa shape index (κ2) is 5.12. The molecule has 4 nitrogen and oxygen atoms in total. The van der Waals surface area contributed by atoms with Crippen LogP contribution in [0, 0.1) is 0 Å². The monoisotopic (exact) mass is 297 g/mol. The summed E-state index contributed by atoms with van der Waals surface area (Å²) in [6, 6.07) is 4.35. The highest BCUT2D eigenvalue weighted by Crippen LogP contribution is 2.29. The number of nitrogens with one attached hydrogen (secondary N) is 1. The molecule has 1 rings (SSSR count). The molecule has 0 saturated heterocycles. The molecule has 0 bridgehead atoms. The maximum Gasteiger partial charge on any atom is 0.242 e. The van der Waals surface area contributed by atoms with Gasteiger partial charge in [0.25, 0.3) is 0 Å². The molecule has 17 heavy (non-hydrogen) atoms. The summed E-state index contributed by atoms with van der Waals surface area (Å²) >= 11 is 11.6. The summed E-state index contributed by atoms with van der Waals surface area (Å²) in [5, 5.41) is 9.17. The predicted octanol–water partition coefficient (Wildman–Crippen LogP) is 2.04. The number of hydrogen-bond donors (Lipinski definition) is 2. The minimum atomic E-state index is -3.81. The molecule has 2 N–H and O–H groups in total. The van der Waals surface area contributed by atoms with Crippen LogP contribution in [0.25, 0.3) is 0 Å². The topological polar surface area (TPSA) is 66.4 Å². The van der Waals surface area contributed by atoms with Crippen LogP contribution in [-0.2, 0) is 10.0 Å². The van der Waals surface area contributed by atoms with E-state index in [1.54, 1.807) is 13.8 Å². The van der Waals surface area contributed by atoms with Crippen molar-refractivity contribution in [3.8, 4) is 0 Å². The Morgan fingerprint density at radius 1 is 1.35 bits per heavy atom. The van der Waals surface area contributed by atoms with E-state index < -0.39 is 15.6 Å². The summed E-state index contributed by atoms with van der Waals surface area (Å²) in [4.78, 5) is -0.104. The third-order valence-electron chi connectivity index (χ3n) is 2.01. The van der Waals surface area contributed by atoms with Crippen LogP contribution in [0.4, 0.5) is 0 Å². The zero-order valence-electron chi connectivity index (χ0n) is 9.37. The van der Waals surface area contributed by atoms with Crippen LogP contribution in [-0.4, -0.2) is 25.7 Å². The molecule has 0 aromatic heterocycles. The number of benzene rings is 1. The standard InChI is InChI=1S/C10H13Cl2NO3S/c1-10(2,6-14)13-17(15,16)8-5-3-4-7(11)9(8)12/h3-5,13-14H,6H2,1-2H3. The van der Waals surface area contributed by atoms with Gasteiger partial charge in [0.1, 0.15) is 4.90 Å². The van der Waals surface area contributed by atoms with E-state index in [0.717, 1.165) is 0 Å². The molecule has 0 aliphatic heterocycles. The van der Waals surface area contributed by atoms with Crippen molar-refractivity contribution in [2.24, 2.45) is 0 Å². The smallest absolute Gasteiger partial charge is 0.242 e. The van der Waals surface area contributed by atoms with E-state index >= 15 is 0 Å². The summed E-state index contributed by atoms with van der Waals surface area (Å²) in [5.41, 5.74) is -0.968. The first-order chi connectivity index (χ1) is 7.69. The largest absolute Gasteiger partial charge is 0.394 e. The van der Waals surface area contributed by atoms with Gasteiger partial charge in [-0.1, -0.05) is 29.3 Å². The van der Waals surface area contributed by atoms with E-state index in [1.807, 2.05) is 0 Å². The molecule has 0 atom stereocenters. The quantitative estimate of drug-likeness (QED) is 0.894. The van der Waals surface area contributed by atoms with E-state index in [1.165, 1.54) is 18.2 Å². The van der Waals surface area contributed by atoms with E-state index in [9.17, 15) is 8.42 Å². The van der Waals surface area contributed by atoms with Crippen molar-refractivity contribution >= 4 is 33.2 Å². The Kier molecular flexibility index (Phi) is 4.43. The van der Waals surface area contributed by atoms with Gasteiger partial charge in [0, 0.05) is 0 Å². The Labute approximate surface area is 111 Å². The number of sulfonamides is 1. The van der Waals surface area contributed by atoms with Crippen LogP contribution < -0.4 is 4.72 Å². The second-order valence-electron chi connectivity index (χ2n) is 4.20. The number of aliphatic hydroxyl groups is 1. The summed E-state index contributed by atoms with van der Waals surface area (Å²) < 4.78 is 26.4. The fourth-order valence-corrected chi connectivity index (χ4v) is 3.31. The van der Waals surface area contributed by atoms with Crippen LogP contribution in [0.3, 0.4) is 0 Å². The first kappa shape index (κ1) is 14.7. The van der Waals surface area contributed by atoms with Crippen molar-refractivity contribution in [3.05, 3.63) is 28.2 Å². The minimum absolute atomic E-state index is 0.0320. The van der Waals surface area contributed by atoms with Crippen molar-refractivity contribution in [3.63, 3.8) is 0 Å². The highest BCUT2D eigenvalue weighted by atomic mass is 35.5. The number of rotatable bonds is 4. The highest BCUT2D eigenvalue weighted by molar-refractivity contribution is 7.89. The lowest BCUT2D eigenvalue weighted by Crippen LogP contribution is -2.46. The third kappa shape index (κ3) is 3.56. The van der Waals surface area contributed by atoms with Crippen LogP contribution in [0.2, 0.25) is 10.0 Å². The molecule has 0 aliphatic carbocycles. The van der Waals surface area contributed by atoms with Crippen molar-refractivity contribution in [1.29, 1.82) is 0 Å². The average molecular weight is 298 g/mol. The minimum Gasteiger partial charge on any atom is -0.394 e. The summed E-state index contributed by atoms with van der Waals surface area (Å²) in [6.07, 6.45) is 0. The van der Waals surface area contributed by atoms with E-state index in [2.05, 4.69) is 4.72 Å². The number of aliphatic hydroxyl groups excluding tert-OH is 1. The molecule has 0 fully saturated rings. The van der Waals surface area contributed by atoms with Gasteiger partial charge in [0.15, 0.2) is 0 Å². The average Bonchev–Trinajstić information content (AvgIpc) is 2.20. The maximum atomic E-state index is 12.0. The molecule has 0 heterocycles. The Hall–Kier alpha value is -0.330. The second-order valence-corrected chi connectivity index (χ2v) is 6.64. The Balaban J connectivity index is 3.19. The van der Waals surface area contributed by atoms with Crippen molar-refractivity contribution < 1.29 is 13.5 Å². The summed E-state index contributed by atoms with van der Waals surface area (Å²) in [7, 11) is -3.81. The Morgan fingerprint density at radius 3 is 2.47 bits per heavy atom. The van der Waals surface area contributed by atoms with E-state index in [4.69, 9.17) is 28.3 Å². The lowest BCUT2D eigenvalue weighted by Gasteiger charge is -2.23. The maximum absolute atomic E-state index is 12.0. The van der Waals surface area contributed by atoms with Gasteiger partial charge in [-0.25, -0.2) is 13.1 Å². The third-order valence-corrected chi connectivity index (χ3v) is 4.68. The van der Waals surface area contributed by atoms with Crippen molar-refractivity contribution in [1.82, 2.24) is 4.72 Å². The molecular weight excluding hydrogens is 285 g/mol. The van der Waals surface area contributed by atoms with Crippen LogP contribution in [0.1, 0.15) is 13.8 Å². The molecule has 0 amide bonds. The van der Waals surface area contributed by atoms with Gasteiger partial charge in [-0.05, 0) is 26.0 Å². The molecule has 1 aromatic rings. The van der Waals surface area contributed by atoms with Gasteiger partial charge in [0.05, 0.1) is 22.2 Å². The molecule has 0 aliphatic rings. The van der Waals surface area contributed by atoms with Crippen LogP contribution >= 0.6 is 23.2 Å². The Bertz CT molecular complexity index is 514. The van der Waals surface area contributed by atoms with Gasteiger partial charge in [0.2, 0.25) is 10.0 Å². The molecular formula is C10H13Cl2NO3S. The molecule has 0 radical (unpaired) electrons. The van der Waals surface area contributed by atoms with Crippen LogP contribution in [0.5, 0.6) is 0 Å². The molecule has 0 saturated carbocycles. The van der Waals surface area contributed by atoms with Gasteiger partial charge in [-0.3, -0.25) is 0 Å². The molecule has 0 unspecified atom stereocenters. The van der Waals surface area contributed by atoms with E-state index in [0.29, 0.717) is 0 Å². The fourth-order valence-electron chi connectivity index (χ4n) is 1.14. The van der Waals surface area contributed by atoms with Crippen molar-refractivity contribution in [2.75, 3.05) is 6.61 Å². The Morgan fingerprint density at radius 2 is 1.94 bits per heavy atom. The van der Waals surface area contributed by atoms with Gasteiger partial charge < -0.3 is 5.11 Å². The lowest BCUT2D eigenvalue weighted by molar-refractivity contribution is 0.208. The zero-order valence-corrected chi connectivity index (χ0v) is 11.7. The molecule has 96 valence electrons. The lowest BCUT2D eigenvalue weighted by atomic mass is 10.1. The van der Waals surface area contributed by atoms with Gasteiger partial charge in [-0.15, -0.1) is 0 Å². The van der Waals surface area contributed by atoms with Gasteiger partial charge >= 0.3 is 0 Å². The van der Waals surface area contributed by atoms with Crippen LogP contribution in [0.15, 0.2) is 23.1 Å². The normalized spacial score (nSPS) is 12.8. The highest BCUT2D eigenvalue weighted by Gasteiger charge is 2.27. The van der Waals surface area contributed by atoms with Crippen molar-refractivity contribution in [2.45, 2.75) is 24.3 Å². The number of halogens is 2. The number of hydrogen-bond acceptors (Lipinski definition) is 3. The molecule has 7 heteroatoms. The zero-order chi connectivity index (χ0) is 13.3. The summed E-state index contributed by atoms with van der Waals surface area (Å²) in [5.74, 6) is 0.